The Kier molecular flexibility index (Phi) is 3.00. The summed E-state index contributed by atoms with van der Waals surface area (Å²) in [4.78, 5) is 2.14. The summed E-state index contributed by atoms with van der Waals surface area (Å²) in [6, 6.07) is 12.7. The smallest absolute Gasteiger partial charge is 0.123 e. The van der Waals surface area contributed by atoms with Crippen molar-refractivity contribution in [2.45, 2.75) is 12.1 Å². The average molecular weight is 201 g/mol. The molecule has 1 fully saturated rings. The van der Waals surface area contributed by atoms with Gasteiger partial charge in [0.25, 0.3) is 0 Å². The van der Waals surface area contributed by atoms with Gasteiger partial charge in [0, 0.05) is 19.1 Å². The molecule has 1 saturated heterocycles. The molecule has 0 aromatic heterocycles. The van der Waals surface area contributed by atoms with Crippen LogP contribution in [0.1, 0.15) is 11.6 Å². The average Bonchev–Trinajstić information content (AvgIpc) is 2.18. The van der Waals surface area contributed by atoms with E-state index >= 15 is 0 Å². The van der Waals surface area contributed by atoms with Gasteiger partial charge in [-0.15, -0.1) is 0 Å². The van der Waals surface area contributed by atoms with Crippen molar-refractivity contribution in [3.63, 3.8) is 0 Å². The molecule has 78 valence electrons. The van der Waals surface area contributed by atoms with Gasteiger partial charge in [-0.05, 0) is 12.6 Å². The molecule has 0 aliphatic carbocycles. The molecule has 1 aliphatic heterocycles. The molecule has 1 aromatic carbocycles. The molecule has 3 nitrogen and oxygen atoms in total. The van der Waals surface area contributed by atoms with Gasteiger partial charge in [-0.1, -0.05) is 30.3 Å². The van der Waals surface area contributed by atoms with Gasteiger partial charge in [-0.2, -0.15) is 5.26 Å². The number of rotatable bonds is 3. The van der Waals surface area contributed by atoms with Crippen molar-refractivity contribution in [1.29, 1.82) is 5.26 Å². The first-order valence-corrected chi connectivity index (χ1v) is 5.20. The van der Waals surface area contributed by atoms with E-state index in [2.05, 4.69) is 16.3 Å². The Labute approximate surface area is 90.3 Å². The van der Waals surface area contributed by atoms with Gasteiger partial charge in [0.1, 0.15) is 6.04 Å². The molecule has 0 spiro atoms. The summed E-state index contributed by atoms with van der Waals surface area (Å²) in [6.07, 6.45) is 0. The van der Waals surface area contributed by atoms with Crippen LogP contribution in [-0.2, 0) is 0 Å². The molecule has 3 heteroatoms. The van der Waals surface area contributed by atoms with Gasteiger partial charge in [-0.3, -0.25) is 4.90 Å². The lowest BCUT2D eigenvalue weighted by atomic mass is 10.0. The third-order valence-electron chi connectivity index (χ3n) is 2.98. The second-order valence-electron chi connectivity index (χ2n) is 3.92. The van der Waals surface area contributed by atoms with Gasteiger partial charge in [0.05, 0.1) is 6.07 Å². The molecular weight excluding hydrogens is 186 g/mol. The molecule has 1 aromatic rings. The lowest BCUT2D eigenvalue weighted by Gasteiger charge is -2.38. The first-order valence-electron chi connectivity index (χ1n) is 5.20. The van der Waals surface area contributed by atoms with E-state index in [4.69, 9.17) is 0 Å². The predicted octanol–water partition coefficient (Wildman–Crippen LogP) is 1.15. The Morgan fingerprint density at radius 2 is 2.07 bits per heavy atom. The summed E-state index contributed by atoms with van der Waals surface area (Å²) < 4.78 is 0. The highest BCUT2D eigenvalue weighted by molar-refractivity contribution is 5.24. The highest BCUT2D eigenvalue weighted by atomic mass is 15.2. The molecule has 1 atom stereocenters. The van der Waals surface area contributed by atoms with E-state index in [1.165, 1.54) is 0 Å². The van der Waals surface area contributed by atoms with E-state index in [9.17, 15) is 5.26 Å². The first-order chi connectivity index (χ1) is 7.33. The highest BCUT2D eigenvalue weighted by Crippen LogP contribution is 2.21. The van der Waals surface area contributed by atoms with Crippen LogP contribution in [0.25, 0.3) is 0 Å². The van der Waals surface area contributed by atoms with Crippen molar-refractivity contribution in [1.82, 2.24) is 10.2 Å². The fourth-order valence-corrected chi connectivity index (χ4v) is 1.81. The summed E-state index contributed by atoms with van der Waals surface area (Å²) in [5, 5.41) is 12.4. The molecule has 1 heterocycles. The van der Waals surface area contributed by atoms with Crippen LogP contribution in [0.4, 0.5) is 0 Å². The summed E-state index contributed by atoms with van der Waals surface area (Å²) >= 11 is 0. The van der Waals surface area contributed by atoms with Gasteiger partial charge in [0.2, 0.25) is 0 Å². The van der Waals surface area contributed by atoms with Crippen molar-refractivity contribution in [3.05, 3.63) is 35.9 Å². The Hall–Kier alpha value is -1.37. The third kappa shape index (κ3) is 2.01. The summed E-state index contributed by atoms with van der Waals surface area (Å²) in [7, 11) is 2.02. The maximum Gasteiger partial charge on any atom is 0.123 e. The molecule has 0 saturated carbocycles. The minimum Gasteiger partial charge on any atom is -0.314 e. The van der Waals surface area contributed by atoms with Crippen LogP contribution >= 0.6 is 0 Å². The molecule has 0 amide bonds. The molecule has 0 bridgehead atoms. The van der Waals surface area contributed by atoms with E-state index < -0.39 is 0 Å². The SMILES string of the molecule is CN(C1CNC1)[C@H](C#N)c1ccccc1. The molecule has 0 radical (unpaired) electrons. The van der Waals surface area contributed by atoms with Crippen molar-refractivity contribution in [2.24, 2.45) is 0 Å². The van der Waals surface area contributed by atoms with Gasteiger partial charge in [-0.25, -0.2) is 0 Å². The fraction of sp³-hybridized carbons (Fsp3) is 0.417. The molecule has 1 N–H and O–H groups in total. The van der Waals surface area contributed by atoms with Crippen LogP contribution < -0.4 is 5.32 Å². The van der Waals surface area contributed by atoms with E-state index in [1.807, 2.05) is 37.4 Å². The minimum absolute atomic E-state index is 0.127. The second kappa shape index (κ2) is 4.43. The lowest BCUT2D eigenvalue weighted by Crippen LogP contribution is -2.56. The van der Waals surface area contributed by atoms with E-state index in [-0.39, 0.29) is 6.04 Å². The largest absolute Gasteiger partial charge is 0.314 e. The monoisotopic (exact) mass is 201 g/mol. The van der Waals surface area contributed by atoms with Gasteiger partial charge in [0.15, 0.2) is 0 Å². The topological polar surface area (TPSA) is 39.1 Å². The third-order valence-corrected chi connectivity index (χ3v) is 2.98. The first kappa shape index (κ1) is 10.2. The minimum atomic E-state index is -0.127. The number of nitrogens with zero attached hydrogens (tertiary/aromatic N) is 2. The highest BCUT2D eigenvalue weighted by Gasteiger charge is 2.27. The van der Waals surface area contributed by atoms with Crippen LogP contribution in [0, 0.1) is 11.3 Å². The van der Waals surface area contributed by atoms with Crippen molar-refractivity contribution < 1.29 is 0 Å². The lowest BCUT2D eigenvalue weighted by molar-refractivity contribution is 0.153. The van der Waals surface area contributed by atoms with Crippen molar-refractivity contribution in [2.75, 3.05) is 20.1 Å². The zero-order chi connectivity index (χ0) is 10.7. The van der Waals surface area contributed by atoms with Crippen LogP contribution in [0.5, 0.6) is 0 Å². The van der Waals surface area contributed by atoms with Crippen molar-refractivity contribution >= 4 is 0 Å². The molecule has 2 rings (SSSR count). The Morgan fingerprint density at radius 1 is 1.40 bits per heavy atom. The van der Waals surface area contributed by atoms with Crippen LogP contribution in [0.3, 0.4) is 0 Å². The quantitative estimate of drug-likeness (QED) is 0.797. The molecule has 15 heavy (non-hydrogen) atoms. The normalized spacial score (nSPS) is 18.2. The zero-order valence-electron chi connectivity index (χ0n) is 8.85. The van der Waals surface area contributed by atoms with Crippen molar-refractivity contribution in [3.8, 4) is 6.07 Å². The standard InChI is InChI=1S/C12H15N3/c1-15(11-8-14-9-11)12(7-13)10-5-3-2-4-6-10/h2-6,11-12,14H,8-9H2,1H3/t12-/m1/s1. The molecular formula is C12H15N3. The molecule has 0 unspecified atom stereocenters. The van der Waals surface area contributed by atoms with E-state index in [0.29, 0.717) is 6.04 Å². The number of likely N-dealkylation sites (N-methyl/N-ethyl adjacent to an activating group) is 1. The zero-order valence-corrected chi connectivity index (χ0v) is 8.85. The summed E-state index contributed by atoms with van der Waals surface area (Å²) in [5.74, 6) is 0. The van der Waals surface area contributed by atoms with Crippen LogP contribution in [0.2, 0.25) is 0 Å². The van der Waals surface area contributed by atoms with Gasteiger partial charge >= 0.3 is 0 Å². The fourth-order valence-electron chi connectivity index (χ4n) is 1.81. The Bertz CT molecular complexity index is 351. The Morgan fingerprint density at radius 3 is 2.53 bits per heavy atom. The Balaban J connectivity index is 2.14. The summed E-state index contributed by atoms with van der Waals surface area (Å²) in [5.41, 5.74) is 1.08. The number of nitriles is 1. The predicted molar refractivity (Wildman–Crippen MR) is 59.2 cm³/mol. The number of benzene rings is 1. The van der Waals surface area contributed by atoms with Gasteiger partial charge < -0.3 is 5.32 Å². The number of hydrogen-bond donors (Lipinski definition) is 1. The van der Waals surface area contributed by atoms with E-state index in [0.717, 1.165) is 18.7 Å². The number of hydrogen-bond acceptors (Lipinski definition) is 3. The van der Waals surface area contributed by atoms with Crippen LogP contribution in [-0.4, -0.2) is 31.1 Å². The maximum atomic E-state index is 9.21. The molecule has 1 aliphatic rings. The summed E-state index contributed by atoms with van der Waals surface area (Å²) in [6.45, 7) is 1.98. The number of nitrogens with one attached hydrogen (secondary N) is 1. The maximum absolute atomic E-state index is 9.21. The van der Waals surface area contributed by atoms with Crippen LogP contribution in [0.15, 0.2) is 30.3 Å². The van der Waals surface area contributed by atoms with E-state index in [1.54, 1.807) is 0 Å². The second-order valence-corrected chi connectivity index (χ2v) is 3.92.